The first-order valence-corrected chi connectivity index (χ1v) is 7.95. The summed E-state index contributed by atoms with van der Waals surface area (Å²) in [6.45, 7) is 0.728. The van der Waals surface area contributed by atoms with Gasteiger partial charge in [0.15, 0.2) is 0 Å². The van der Waals surface area contributed by atoms with Gasteiger partial charge in [-0.15, -0.1) is 0 Å². The number of carbonyl (C=O) groups excluding carboxylic acids is 1. The number of aliphatic hydroxyl groups excluding tert-OH is 1. The van der Waals surface area contributed by atoms with Gasteiger partial charge in [-0.3, -0.25) is 4.79 Å². The van der Waals surface area contributed by atoms with E-state index < -0.39 is 0 Å². The zero-order chi connectivity index (χ0) is 16.8. The molecular weight excluding hydrogens is 300 g/mol. The van der Waals surface area contributed by atoms with Gasteiger partial charge in [0.2, 0.25) is 0 Å². The van der Waals surface area contributed by atoms with Crippen LogP contribution in [0.3, 0.4) is 0 Å². The molecule has 0 bridgehead atoms. The molecule has 0 radical (unpaired) electrons. The van der Waals surface area contributed by atoms with Gasteiger partial charge in [0.25, 0.3) is 5.91 Å². The number of aliphatic hydroxyl groups is 1. The maximum absolute atomic E-state index is 12.9. The van der Waals surface area contributed by atoms with E-state index in [9.17, 15) is 9.90 Å². The van der Waals surface area contributed by atoms with Crippen molar-refractivity contribution in [2.45, 2.75) is 6.54 Å². The van der Waals surface area contributed by atoms with Gasteiger partial charge in [0.05, 0.1) is 6.61 Å². The molecule has 0 aliphatic rings. The number of benzene rings is 2. The summed E-state index contributed by atoms with van der Waals surface area (Å²) < 4.78 is 1.96. The van der Waals surface area contributed by atoms with Crippen molar-refractivity contribution >= 4 is 5.91 Å². The predicted molar refractivity (Wildman–Crippen MR) is 94.0 cm³/mol. The highest BCUT2D eigenvalue weighted by Crippen LogP contribution is 2.14. The number of aromatic nitrogens is 1. The summed E-state index contributed by atoms with van der Waals surface area (Å²) in [7, 11) is 0. The lowest BCUT2D eigenvalue weighted by Gasteiger charge is -2.22. The molecule has 1 amide bonds. The molecule has 0 unspecified atom stereocenters. The van der Waals surface area contributed by atoms with Crippen LogP contribution in [0.4, 0.5) is 0 Å². The molecule has 3 rings (SSSR count). The highest BCUT2D eigenvalue weighted by molar-refractivity contribution is 5.94. The molecule has 0 saturated carbocycles. The normalized spacial score (nSPS) is 10.5. The molecule has 4 heteroatoms. The Kier molecular flexibility index (Phi) is 5.08. The second-order valence-electron chi connectivity index (χ2n) is 5.58. The number of hydrogen-bond acceptors (Lipinski definition) is 2. The van der Waals surface area contributed by atoms with E-state index >= 15 is 0 Å². The lowest BCUT2D eigenvalue weighted by atomic mass is 10.1. The van der Waals surface area contributed by atoms with Crippen molar-refractivity contribution in [1.29, 1.82) is 0 Å². The summed E-state index contributed by atoms with van der Waals surface area (Å²) in [6.07, 6.45) is 3.89. The van der Waals surface area contributed by atoms with Crippen LogP contribution in [-0.4, -0.2) is 33.6 Å². The Hall–Kier alpha value is -2.85. The molecule has 1 aromatic heterocycles. The fourth-order valence-corrected chi connectivity index (χ4v) is 2.67. The summed E-state index contributed by atoms with van der Waals surface area (Å²) in [4.78, 5) is 14.5. The molecule has 24 heavy (non-hydrogen) atoms. The molecule has 1 N–H and O–H groups in total. The fraction of sp³-hybridized carbons (Fsp3) is 0.150. The van der Waals surface area contributed by atoms with Crippen LogP contribution in [0.2, 0.25) is 0 Å². The average Bonchev–Trinajstić information content (AvgIpc) is 3.16. The van der Waals surface area contributed by atoms with E-state index in [0.29, 0.717) is 18.7 Å². The maximum Gasteiger partial charge on any atom is 0.254 e. The number of carbonyl (C=O) groups is 1. The van der Waals surface area contributed by atoms with Crippen LogP contribution in [0.15, 0.2) is 79.1 Å². The summed E-state index contributed by atoms with van der Waals surface area (Å²) in [5, 5.41) is 9.32. The molecule has 3 aromatic rings. The van der Waals surface area contributed by atoms with E-state index in [4.69, 9.17) is 0 Å². The standard InChI is InChI=1S/C20H20N2O2/c23-14-13-22(16-17-7-2-1-3-8-17)20(24)18-9-6-10-19(15-18)21-11-4-5-12-21/h1-12,15,23H,13-14,16H2. The molecule has 4 nitrogen and oxygen atoms in total. The van der Waals surface area contributed by atoms with Crippen molar-refractivity contribution in [3.63, 3.8) is 0 Å². The van der Waals surface area contributed by atoms with Gasteiger partial charge in [-0.1, -0.05) is 36.4 Å². The van der Waals surface area contributed by atoms with Gasteiger partial charge < -0.3 is 14.6 Å². The predicted octanol–water partition coefficient (Wildman–Crippen LogP) is 3.11. The van der Waals surface area contributed by atoms with Crippen molar-refractivity contribution in [2.75, 3.05) is 13.2 Å². The topological polar surface area (TPSA) is 45.5 Å². The van der Waals surface area contributed by atoms with Gasteiger partial charge in [0.1, 0.15) is 0 Å². The number of amides is 1. The Balaban J connectivity index is 1.83. The third-order valence-corrected chi connectivity index (χ3v) is 3.87. The first kappa shape index (κ1) is 16.0. The second kappa shape index (κ2) is 7.62. The molecule has 0 fully saturated rings. The van der Waals surface area contributed by atoms with Crippen LogP contribution in [0.25, 0.3) is 5.69 Å². The van der Waals surface area contributed by atoms with E-state index in [-0.39, 0.29) is 12.5 Å². The highest BCUT2D eigenvalue weighted by atomic mass is 16.3. The molecule has 1 heterocycles. The number of hydrogen-bond donors (Lipinski definition) is 1. The van der Waals surface area contributed by atoms with E-state index in [1.54, 1.807) is 4.90 Å². The largest absolute Gasteiger partial charge is 0.395 e. The van der Waals surface area contributed by atoms with E-state index in [1.807, 2.05) is 83.7 Å². The van der Waals surface area contributed by atoms with E-state index in [2.05, 4.69) is 0 Å². The highest BCUT2D eigenvalue weighted by Gasteiger charge is 2.16. The Labute approximate surface area is 141 Å². The minimum atomic E-state index is -0.0816. The quantitative estimate of drug-likeness (QED) is 0.758. The Morgan fingerprint density at radius 1 is 0.958 bits per heavy atom. The van der Waals surface area contributed by atoms with E-state index in [1.165, 1.54) is 0 Å². The lowest BCUT2D eigenvalue weighted by Crippen LogP contribution is -2.33. The Morgan fingerprint density at radius 2 is 1.71 bits per heavy atom. The average molecular weight is 320 g/mol. The molecular formula is C20H20N2O2. The number of rotatable bonds is 6. The summed E-state index contributed by atoms with van der Waals surface area (Å²) >= 11 is 0. The lowest BCUT2D eigenvalue weighted by molar-refractivity contribution is 0.0708. The first-order valence-electron chi connectivity index (χ1n) is 7.95. The zero-order valence-corrected chi connectivity index (χ0v) is 13.4. The van der Waals surface area contributed by atoms with Gasteiger partial charge in [0, 0.05) is 36.7 Å². The van der Waals surface area contributed by atoms with Crippen molar-refractivity contribution in [3.8, 4) is 5.69 Å². The second-order valence-corrected chi connectivity index (χ2v) is 5.58. The molecule has 0 spiro atoms. The summed E-state index contributed by atoms with van der Waals surface area (Å²) in [5.41, 5.74) is 2.60. The van der Waals surface area contributed by atoms with Gasteiger partial charge in [-0.25, -0.2) is 0 Å². The fourth-order valence-electron chi connectivity index (χ4n) is 2.67. The third-order valence-electron chi connectivity index (χ3n) is 3.87. The molecule has 0 aliphatic carbocycles. The van der Waals surface area contributed by atoms with Crippen LogP contribution in [0.5, 0.6) is 0 Å². The van der Waals surface area contributed by atoms with Gasteiger partial charge >= 0.3 is 0 Å². The van der Waals surface area contributed by atoms with Crippen LogP contribution in [-0.2, 0) is 6.54 Å². The van der Waals surface area contributed by atoms with Crippen molar-refractivity contribution in [3.05, 3.63) is 90.3 Å². The van der Waals surface area contributed by atoms with Crippen LogP contribution >= 0.6 is 0 Å². The molecule has 122 valence electrons. The van der Waals surface area contributed by atoms with Gasteiger partial charge in [-0.05, 0) is 35.9 Å². The molecule has 0 atom stereocenters. The Bertz CT molecular complexity index is 782. The van der Waals surface area contributed by atoms with Crippen molar-refractivity contribution in [2.24, 2.45) is 0 Å². The smallest absolute Gasteiger partial charge is 0.254 e. The van der Waals surface area contributed by atoms with E-state index in [0.717, 1.165) is 11.3 Å². The number of nitrogens with zero attached hydrogens (tertiary/aromatic N) is 2. The Morgan fingerprint density at radius 3 is 2.42 bits per heavy atom. The maximum atomic E-state index is 12.9. The van der Waals surface area contributed by atoms with Gasteiger partial charge in [-0.2, -0.15) is 0 Å². The molecule has 0 saturated heterocycles. The SMILES string of the molecule is O=C(c1cccc(-n2cccc2)c1)N(CCO)Cc1ccccc1. The first-order chi connectivity index (χ1) is 11.8. The third kappa shape index (κ3) is 3.73. The zero-order valence-electron chi connectivity index (χ0n) is 13.4. The summed E-state index contributed by atoms with van der Waals surface area (Å²) in [6, 6.07) is 21.2. The van der Waals surface area contributed by atoms with Crippen molar-refractivity contribution < 1.29 is 9.90 Å². The molecule has 2 aromatic carbocycles. The minimum Gasteiger partial charge on any atom is -0.395 e. The minimum absolute atomic E-state index is 0.0597. The summed E-state index contributed by atoms with van der Waals surface area (Å²) in [5.74, 6) is -0.0816. The van der Waals surface area contributed by atoms with Crippen LogP contribution in [0.1, 0.15) is 15.9 Å². The monoisotopic (exact) mass is 320 g/mol. The van der Waals surface area contributed by atoms with Crippen LogP contribution < -0.4 is 0 Å². The van der Waals surface area contributed by atoms with Crippen LogP contribution in [0, 0.1) is 0 Å². The molecule has 0 aliphatic heterocycles. The van der Waals surface area contributed by atoms with Crippen molar-refractivity contribution in [1.82, 2.24) is 9.47 Å².